The summed E-state index contributed by atoms with van der Waals surface area (Å²) in [5.74, 6) is -1.18. The van der Waals surface area contributed by atoms with E-state index in [9.17, 15) is 14.7 Å². The lowest BCUT2D eigenvalue weighted by atomic mass is 9.95. The van der Waals surface area contributed by atoms with Crippen molar-refractivity contribution in [1.82, 2.24) is 4.90 Å². The van der Waals surface area contributed by atoms with Gasteiger partial charge in [-0.25, -0.2) is 4.79 Å². The van der Waals surface area contributed by atoms with Gasteiger partial charge < -0.3 is 15.7 Å². The molecule has 0 aliphatic heterocycles. The summed E-state index contributed by atoms with van der Waals surface area (Å²) in [6.45, 7) is 2.07. The van der Waals surface area contributed by atoms with Gasteiger partial charge in [0.25, 0.3) is 0 Å². The molecule has 1 rings (SSSR count). The minimum Gasteiger partial charge on any atom is -0.479 e. The summed E-state index contributed by atoms with van der Waals surface area (Å²) in [6.07, 6.45) is 2.81. The number of hydrogen-bond donors (Lipinski definition) is 2. The number of carboxylic acids is 1. The van der Waals surface area contributed by atoms with Gasteiger partial charge in [0.15, 0.2) is 0 Å². The monoisotopic (exact) mass is 214 g/mol. The van der Waals surface area contributed by atoms with E-state index in [1.165, 1.54) is 4.90 Å². The van der Waals surface area contributed by atoms with Gasteiger partial charge in [0.1, 0.15) is 5.54 Å². The smallest absolute Gasteiger partial charge is 0.329 e. The molecule has 1 aliphatic carbocycles. The number of aliphatic carboxylic acids is 1. The molecule has 0 radical (unpaired) electrons. The Morgan fingerprint density at radius 1 is 1.40 bits per heavy atom. The van der Waals surface area contributed by atoms with E-state index >= 15 is 0 Å². The highest BCUT2D eigenvalue weighted by Crippen LogP contribution is 2.35. The fourth-order valence-electron chi connectivity index (χ4n) is 2.39. The third-order valence-corrected chi connectivity index (χ3v) is 3.14. The van der Waals surface area contributed by atoms with E-state index in [1.54, 1.807) is 6.92 Å². The number of amides is 1. The number of carboxylic acid groups (broad SMARTS) is 1. The zero-order chi connectivity index (χ0) is 11.5. The maximum atomic E-state index is 11.6. The van der Waals surface area contributed by atoms with Gasteiger partial charge in [0.2, 0.25) is 5.91 Å². The molecule has 5 nitrogen and oxygen atoms in total. The molecule has 0 heterocycles. The van der Waals surface area contributed by atoms with Gasteiger partial charge >= 0.3 is 5.97 Å². The molecule has 0 aromatic rings. The van der Waals surface area contributed by atoms with Gasteiger partial charge in [-0.15, -0.1) is 0 Å². The zero-order valence-corrected chi connectivity index (χ0v) is 9.03. The van der Waals surface area contributed by atoms with Crippen molar-refractivity contribution in [2.24, 2.45) is 5.73 Å². The first-order valence-corrected chi connectivity index (χ1v) is 5.32. The van der Waals surface area contributed by atoms with Gasteiger partial charge in [-0.3, -0.25) is 4.79 Å². The third-order valence-electron chi connectivity index (χ3n) is 3.14. The predicted octanol–water partition coefficient (Wildman–Crippen LogP) is 0.191. The van der Waals surface area contributed by atoms with Gasteiger partial charge in [0.05, 0.1) is 6.54 Å². The van der Waals surface area contributed by atoms with Crippen molar-refractivity contribution in [2.45, 2.75) is 38.1 Å². The summed E-state index contributed by atoms with van der Waals surface area (Å²) in [5.41, 5.74) is 4.30. The van der Waals surface area contributed by atoms with E-state index in [0.29, 0.717) is 19.4 Å². The van der Waals surface area contributed by atoms with E-state index in [2.05, 4.69) is 0 Å². The zero-order valence-electron chi connectivity index (χ0n) is 9.03. The SMILES string of the molecule is CCN(C(=O)CN)C1(C(=O)O)CCCC1. The van der Waals surface area contributed by atoms with E-state index in [4.69, 9.17) is 5.73 Å². The number of likely N-dealkylation sites (N-methyl/N-ethyl adjacent to an activating group) is 1. The lowest BCUT2D eigenvalue weighted by Crippen LogP contribution is -2.56. The Morgan fingerprint density at radius 3 is 2.27 bits per heavy atom. The van der Waals surface area contributed by atoms with Crippen molar-refractivity contribution >= 4 is 11.9 Å². The van der Waals surface area contributed by atoms with Gasteiger partial charge in [-0.2, -0.15) is 0 Å². The summed E-state index contributed by atoms with van der Waals surface area (Å²) >= 11 is 0. The first-order valence-electron chi connectivity index (χ1n) is 5.32. The van der Waals surface area contributed by atoms with Crippen LogP contribution in [0.25, 0.3) is 0 Å². The van der Waals surface area contributed by atoms with Gasteiger partial charge in [-0.05, 0) is 19.8 Å². The standard InChI is InChI=1S/C10H18N2O3/c1-2-12(8(13)7-11)10(9(14)15)5-3-4-6-10/h2-7,11H2,1H3,(H,14,15). The Bertz CT molecular complexity index is 259. The quantitative estimate of drug-likeness (QED) is 0.699. The Hall–Kier alpha value is -1.10. The average molecular weight is 214 g/mol. The third kappa shape index (κ3) is 1.97. The summed E-state index contributed by atoms with van der Waals surface area (Å²) in [4.78, 5) is 24.3. The van der Waals surface area contributed by atoms with Crippen LogP contribution in [0.2, 0.25) is 0 Å². The van der Waals surface area contributed by atoms with Crippen LogP contribution < -0.4 is 5.73 Å². The first kappa shape index (κ1) is 12.0. The normalized spacial score (nSPS) is 18.8. The minimum atomic E-state index is -0.995. The number of hydrogen-bond acceptors (Lipinski definition) is 3. The van der Waals surface area contributed by atoms with E-state index < -0.39 is 11.5 Å². The molecule has 0 aromatic carbocycles. The molecule has 86 valence electrons. The molecule has 0 saturated heterocycles. The maximum Gasteiger partial charge on any atom is 0.329 e. The summed E-state index contributed by atoms with van der Waals surface area (Å²) < 4.78 is 0. The molecule has 1 fully saturated rings. The number of nitrogens with zero attached hydrogens (tertiary/aromatic N) is 1. The summed E-state index contributed by atoms with van der Waals surface area (Å²) in [7, 11) is 0. The molecule has 1 amide bonds. The fourth-order valence-corrected chi connectivity index (χ4v) is 2.39. The van der Waals surface area contributed by atoms with Crippen molar-refractivity contribution in [3.63, 3.8) is 0 Å². The van der Waals surface area contributed by atoms with Crippen LogP contribution in [0.5, 0.6) is 0 Å². The highest BCUT2D eigenvalue weighted by atomic mass is 16.4. The molecule has 15 heavy (non-hydrogen) atoms. The first-order chi connectivity index (χ1) is 7.08. The van der Waals surface area contributed by atoms with E-state index in [1.807, 2.05) is 0 Å². The summed E-state index contributed by atoms with van der Waals surface area (Å²) in [5, 5.41) is 9.27. The number of nitrogens with two attached hydrogens (primary N) is 1. The Labute approximate surface area is 89.2 Å². The van der Waals surface area contributed by atoms with E-state index in [-0.39, 0.29) is 12.5 Å². The molecule has 5 heteroatoms. The molecular weight excluding hydrogens is 196 g/mol. The second-order valence-electron chi connectivity index (χ2n) is 3.89. The molecule has 0 bridgehead atoms. The van der Waals surface area contributed by atoms with Crippen molar-refractivity contribution in [1.29, 1.82) is 0 Å². The van der Waals surface area contributed by atoms with Gasteiger partial charge in [-0.1, -0.05) is 12.8 Å². The van der Waals surface area contributed by atoms with Crippen LogP contribution in [0.1, 0.15) is 32.6 Å². The topological polar surface area (TPSA) is 83.6 Å². The van der Waals surface area contributed by atoms with Gasteiger partial charge in [0, 0.05) is 6.54 Å². The molecular formula is C10H18N2O3. The highest BCUT2D eigenvalue weighted by Gasteiger charge is 2.47. The minimum absolute atomic E-state index is 0.122. The fraction of sp³-hybridized carbons (Fsp3) is 0.800. The largest absolute Gasteiger partial charge is 0.479 e. The lowest BCUT2D eigenvalue weighted by Gasteiger charge is -2.37. The molecule has 3 N–H and O–H groups in total. The van der Waals surface area contributed by atoms with Crippen LogP contribution >= 0.6 is 0 Å². The Balaban J connectivity index is 2.96. The highest BCUT2D eigenvalue weighted by molar-refractivity contribution is 5.88. The van der Waals surface area contributed by atoms with Crippen molar-refractivity contribution in [3.05, 3.63) is 0 Å². The average Bonchev–Trinajstić information content (AvgIpc) is 2.69. The van der Waals surface area contributed by atoms with Crippen LogP contribution in [0, 0.1) is 0 Å². The molecule has 1 aliphatic rings. The van der Waals surface area contributed by atoms with Crippen molar-refractivity contribution < 1.29 is 14.7 Å². The number of carbonyl (C=O) groups excluding carboxylic acids is 1. The van der Waals surface area contributed by atoms with Crippen molar-refractivity contribution in [2.75, 3.05) is 13.1 Å². The van der Waals surface area contributed by atoms with Crippen LogP contribution in [0.4, 0.5) is 0 Å². The number of carbonyl (C=O) groups is 2. The van der Waals surface area contributed by atoms with Crippen LogP contribution in [0.3, 0.4) is 0 Å². The van der Waals surface area contributed by atoms with Crippen molar-refractivity contribution in [3.8, 4) is 0 Å². The predicted molar refractivity (Wildman–Crippen MR) is 55.3 cm³/mol. The summed E-state index contributed by atoms with van der Waals surface area (Å²) in [6, 6.07) is 0. The van der Waals surface area contributed by atoms with E-state index in [0.717, 1.165) is 12.8 Å². The Kier molecular flexibility index (Phi) is 3.68. The lowest BCUT2D eigenvalue weighted by molar-refractivity contribution is -0.158. The molecule has 0 aromatic heterocycles. The van der Waals surface area contributed by atoms with Crippen LogP contribution in [0.15, 0.2) is 0 Å². The Morgan fingerprint density at radius 2 is 1.93 bits per heavy atom. The number of rotatable bonds is 4. The molecule has 0 unspecified atom stereocenters. The second kappa shape index (κ2) is 4.61. The molecule has 1 saturated carbocycles. The van der Waals surface area contributed by atoms with Crippen LogP contribution in [-0.2, 0) is 9.59 Å². The second-order valence-corrected chi connectivity index (χ2v) is 3.89. The molecule has 0 atom stereocenters. The maximum absolute atomic E-state index is 11.6. The molecule has 0 spiro atoms. The van der Waals surface area contributed by atoms with Crippen LogP contribution in [-0.4, -0.2) is 40.5 Å².